The van der Waals surface area contributed by atoms with Crippen LogP contribution in [0.4, 0.5) is 0 Å². The Labute approximate surface area is 199 Å². The lowest BCUT2D eigenvalue weighted by molar-refractivity contribution is 0.155. The number of hydrogen-bond donors (Lipinski definition) is 1. The van der Waals surface area contributed by atoms with Gasteiger partial charge in [-0.2, -0.15) is 5.21 Å². The van der Waals surface area contributed by atoms with E-state index < -0.39 is 0 Å². The first kappa shape index (κ1) is 23.8. The zero-order valence-corrected chi connectivity index (χ0v) is 21.0. The molecule has 0 amide bonds. The molecule has 34 heavy (non-hydrogen) atoms. The van der Waals surface area contributed by atoms with E-state index in [9.17, 15) is 0 Å². The molecule has 180 valence electrons. The summed E-state index contributed by atoms with van der Waals surface area (Å²) < 4.78 is 13.8. The van der Waals surface area contributed by atoms with Gasteiger partial charge in [-0.15, -0.1) is 10.2 Å². The Kier molecular flexibility index (Phi) is 6.92. The summed E-state index contributed by atoms with van der Waals surface area (Å²) in [5.74, 6) is 0.946. The normalized spacial score (nSPS) is 12.6. The number of H-pyrrole nitrogens is 1. The first-order chi connectivity index (χ1) is 16.4. The topological polar surface area (TPSA) is 104 Å². The van der Waals surface area contributed by atoms with Crippen LogP contribution in [0.1, 0.15) is 57.0 Å². The maximum Gasteiger partial charge on any atom is 0.225 e. The first-order valence-electron chi connectivity index (χ1n) is 11.8. The van der Waals surface area contributed by atoms with Crippen LogP contribution >= 0.6 is 0 Å². The van der Waals surface area contributed by atoms with E-state index in [0.29, 0.717) is 23.9 Å². The van der Waals surface area contributed by atoms with Crippen molar-refractivity contribution >= 4 is 11.0 Å². The molecule has 4 aromatic heterocycles. The molecule has 0 radical (unpaired) electrons. The molecule has 0 saturated heterocycles. The molecule has 9 heteroatoms. The number of tetrazole rings is 1. The molecular formula is C25H33N7O2. The number of rotatable bonds is 9. The maximum absolute atomic E-state index is 6.02. The lowest BCUT2D eigenvalue weighted by Crippen LogP contribution is -2.13. The third-order valence-electron chi connectivity index (χ3n) is 5.99. The molecule has 4 aromatic rings. The van der Waals surface area contributed by atoms with E-state index in [2.05, 4.69) is 65.1 Å². The average Bonchev–Trinajstić information content (AvgIpc) is 3.45. The smallest absolute Gasteiger partial charge is 0.225 e. The largest absolute Gasteiger partial charge is 0.474 e. The molecule has 0 aliphatic rings. The Bertz CT molecular complexity index is 1280. The van der Waals surface area contributed by atoms with Gasteiger partial charge < -0.3 is 14.0 Å². The third kappa shape index (κ3) is 4.40. The summed E-state index contributed by atoms with van der Waals surface area (Å²) >= 11 is 0. The van der Waals surface area contributed by atoms with Gasteiger partial charge in [0.15, 0.2) is 0 Å². The minimum absolute atomic E-state index is 0.0362. The number of ether oxygens (including phenoxy) is 2. The van der Waals surface area contributed by atoms with Gasteiger partial charge in [0.25, 0.3) is 0 Å². The number of nitrogens with zero attached hydrogens (tertiary/aromatic N) is 6. The van der Waals surface area contributed by atoms with Crippen molar-refractivity contribution in [2.45, 2.75) is 66.5 Å². The third-order valence-corrected chi connectivity index (χ3v) is 5.99. The van der Waals surface area contributed by atoms with Crippen LogP contribution in [-0.2, 0) is 11.2 Å². The molecular weight excluding hydrogens is 430 g/mol. The highest BCUT2D eigenvalue weighted by molar-refractivity contribution is 5.85. The zero-order chi connectivity index (χ0) is 24.4. The second-order valence-electron chi connectivity index (χ2n) is 8.85. The van der Waals surface area contributed by atoms with Crippen LogP contribution in [-0.4, -0.2) is 55.0 Å². The zero-order valence-electron chi connectivity index (χ0n) is 21.0. The van der Waals surface area contributed by atoms with Gasteiger partial charge in [-0.25, -0.2) is 9.97 Å². The molecule has 4 heterocycles. The number of aromatic nitrogens is 7. The van der Waals surface area contributed by atoms with Gasteiger partial charge in [0.1, 0.15) is 0 Å². The van der Waals surface area contributed by atoms with Gasteiger partial charge in [-0.3, -0.25) is 0 Å². The Morgan fingerprint density at radius 3 is 2.47 bits per heavy atom. The van der Waals surface area contributed by atoms with Crippen molar-refractivity contribution in [1.29, 1.82) is 0 Å². The highest BCUT2D eigenvalue weighted by Crippen LogP contribution is 2.36. The Morgan fingerprint density at radius 1 is 1.06 bits per heavy atom. The van der Waals surface area contributed by atoms with Crippen molar-refractivity contribution < 1.29 is 9.47 Å². The molecule has 0 unspecified atom stereocenters. The van der Waals surface area contributed by atoms with Crippen molar-refractivity contribution in [3.05, 3.63) is 35.2 Å². The molecule has 0 bridgehead atoms. The van der Waals surface area contributed by atoms with Crippen molar-refractivity contribution in [2.75, 3.05) is 13.7 Å². The standard InChI is InChI=1S/C25H33N7O2/c1-8-17(13-33-7)32-12-16(6)23-21(32)10-15(5)22(27-23)18-11-19(24-28-30-31-29-24)25(34-14(3)4)26-20(18)9-2/h10-12,14,17H,8-9,13H2,1-7H3,(H,28,29,30,31)/t17-/m1/s1. The van der Waals surface area contributed by atoms with E-state index in [0.717, 1.165) is 52.0 Å². The minimum atomic E-state index is -0.0362. The van der Waals surface area contributed by atoms with Crippen LogP contribution in [0.15, 0.2) is 18.3 Å². The summed E-state index contributed by atoms with van der Waals surface area (Å²) in [6, 6.07) is 4.51. The molecule has 9 nitrogen and oxygen atoms in total. The predicted molar refractivity (Wildman–Crippen MR) is 132 cm³/mol. The lowest BCUT2D eigenvalue weighted by Gasteiger charge is -2.19. The summed E-state index contributed by atoms with van der Waals surface area (Å²) in [4.78, 5) is 10.0. The summed E-state index contributed by atoms with van der Waals surface area (Å²) in [5, 5.41) is 14.6. The second kappa shape index (κ2) is 9.89. The van der Waals surface area contributed by atoms with Gasteiger partial charge >= 0.3 is 0 Å². The monoisotopic (exact) mass is 463 g/mol. The molecule has 1 atom stereocenters. The lowest BCUT2D eigenvalue weighted by atomic mass is 10.0. The molecule has 4 rings (SSSR count). The van der Waals surface area contributed by atoms with Crippen molar-refractivity contribution in [2.24, 2.45) is 0 Å². The predicted octanol–water partition coefficient (Wildman–Crippen LogP) is 4.84. The van der Waals surface area contributed by atoms with Crippen LogP contribution < -0.4 is 4.74 Å². The number of aromatic amines is 1. The highest BCUT2D eigenvalue weighted by atomic mass is 16.5. The SMILES string of the molecule is CCc1nc(OC(C)C)c(-c2nn[nH]n2)cc1-c1nc2c(C)cn([C@H](CC)COC)c2cc1C. The van der Waals surface area contributed by atoms with Gasteiger partial charge in [0.05, 0.1) is 46.7 Å². The Hall–Kier alpha value is -3.33. The summed E-state index contributed by atoms with van der Waals surface area (Å²) in [7, 11) is 1.75. The molecule has 0 aliphatic heterocycles. The fraction of sp³-hybridized carbons (Fsp3) is 0.480. The van der Waals surface area contributed by atoms with Gasteiger partial charge in [0, 0.05) is 18.9 Å². The van der Waals surface area contributed by atoms with Crippen LogP contribution in [0.3, 0.4) is 0 Å². The minimum Gasteiger partial charge on any atom is -0.474 e. The number of hydrogen-bond acceptors (Lipinski definition) is 7. The van der Waals surface area contributed by atoms with E-state index in [1.165, 1.54) is 0 Å². The van der Waals surface area contributed by atoms with Crippen molar-refractivity contribution in [1.82, 2.24) is 35.2 Å². The molecule has 0 spiro atoms. The number of nitrogens with one attached hydrogen (secondary N) is 1. The van der Waals surface area contributed by atoms with Gasteiger partial charge in [-0.05, 0) is 69.0 Å². The van der Waals surface area contributed by atoms with Crippen LogP contribution in [0.25, 0.3) is 33.7 Å². The van der Waals surface area contributed by atoms with Gasteiger partial charge in [-0.1, -0.05) is 13.8 Å². The fourth-order valence-corrected chi connectivity index (χ4v) is 4.34. The number of aryl methyl sites for hydroxylation is 3. The molecule has 0 aliphatic carbocycles. The summed E-state index contributed by atoms with van der Waals surface area (Å²) in [5.41, 5.74) is 7.78. The Balaban J connectivity index is 1.92. The van der Waals surface area contributed by atoms with E-state index in [1.54, 1.807) is 7.11 Å². The fourth-order valence-electron chi connectivity index (χ4n) is 4.34. The maximum atomic E-state index is 6.02. The van der Waals surface area contributed by atoms with Crippen LogP contribution in [0.5, 0.6) is 5.88 Å². The van der Waals surface area contributed by atoms with E-state index in [-0.39, 0.29) is 12.1 Å². The highest BCUT2D eigenvalue weighted by Gasteiger charge is 2.22. The Morgan fingerprint density at radius 2 is 1.85 bits per heavy atom. The van der Waals surface area contributed by atoms with E-state index in [1.807, 2.05) is 19.9 Å². The number of fused-ring (bicyclic) bond motifs is 1. The summed E-state index contributed by atoms with van der Waals surface area (Å²) in [6.45, 7) is 13.1. The molecule has 1 N–H and O–H groups in total. The average molecular weight is 464 g/mol. The van der Waals surface area contributed by atoms with Gasteiger partial charge in [0.2, 0.25) is 11.7 Å². The van der Waals surface area contributed by atoms with Crippen molar-refractivity contribution in [3.8, 4) is 28.5 Å². The summed E-state index contributed by atoms with van der Waals surface area (Å²) in [6.07, 6.45) is 3.86. The second-order valence-corrected chi connectivity index (χ2v) is 8.85. The first-order valence-corrected chi connectivity index (χ1v) is 11.8. The molecule has 0 aromatic carbocycles. The number of pyridine rings is 2. The van der Waals surface area contributed by atoms with E-state index in [4.69, 9.17) is 19.4 Å². The molecule has 0 saturated carbocycles. The van der Waals surface area contributed by atoms with Crippen LogP contribution in [0.2, 0.25) is 0 Å². The van der Waals surface area contributed by atoms with Crippen LogP contribution in [0, 0.1) is 13.8 Å². The quantitative estimate of drug-likeness (QED) is 0.379. The molecule has 0 fully saturated rings. The van der Waals surface area contributed by atoms with E-state index >= 15 is 0 Å². The van der Waals surface area contributed by atoms with Crippen molar-refractivity contribution in [3.63, 3.8) is 0 Å². The number of methoxy groups -OCH3 is 1.